The SMILES string of the molecule is Cc1ccc(Cn2c(-c3ccc(Oc4cccc(NC(=O)OC(C)(C)C)c4)cc3)cc(C(F)(F)F)c(C#N)c2=O)c(C)c1. The Morgan fingerprint density at radius 2 is 1.65 bits per heavy atom. The molecule has 4 aromatic rings. The highest BCUT2D eigenvalue weighted by molar-refractivity contribution is 5.85. The van der Waals surface area contributed by atoms with Crippen LogP contribution in [0.5, 0.6) is 11.5 Å². The normalized spacial score (nSPS) is 11.5. The van der Waals surface area contributed by atoms with Crippen LogP contribution in [0.2, 0.25) is 0 Å². The summed E-state index contributed by atoms with van der Waals surface area (Å²) in [6.07, 6.45) is -5.53. The molecule has 0 unspecified atom stereocenters. The topological polar surface area (TPSA) is 93.3 Å². The molecule has 0 atom stereocenters. The average molecular weight is 590 g/mol. The molecular weight excluding hydrogens is 559 g/mol. The maximum atomic E-state index is 13.9. The summed E-state index contributed by atoms with van der Waals surface area (Å²) in [5, 5.41) is 12.1. The van der Waals surface area contributed by atoms with Crippen LogP contribution >= 0.6 is 0 Å². The van der Waals surface area contributed by atoms with Gasteiger partial charge in [-0.05, 0) is 93.8 Å². The number of hydrogen-bond donors (Lipinski definition) is 1. The summed E-state index contributed by atoms with van der Waals surface area (Å²) in [5.74, 6) is 0.761. The number of aromatic nitrogens is 1. The van der Waals surface area contributed by atoms with Gasteiger partial charge in [-0.1, -0.05) is 29.8 Å². The molecule has 222 valence electrons. The number of benzene rings is 3. The van der Waals surface area contributed by atoms with Crippen LogP contribution in [0.4, 0.5) is 23.7 Å². The Kier molecular flexibility index (Phi) is 8.67. The average Bonchev–Trinajstić information content (AvgIpc) is 2.90. The molecule has 4 rings (SSSR count). The van der Waals surface area contributed by atoms with Crippen LogP contribution < -0.4 is 15.6 Å². The first-order chi connectivity index (χ1) is 20.1. The predicted molar refractivity (Wildman–Crippen MR) is 157 cm³/mol. The van der Waals surface area contributed by atoms with Gasteiger partial charge in [-0.15, -0.1) is 0 Å². The Morgan fingerprint density at radius 1 is 0.953 bits per heavy atom. The maximum Gasteiger partial charge on any atom is 0.417 e. The van der Waals surface area contributed by atoms with Crippen molar-refractivity contribution in [1.82, 2.24) is 4.57 Å². The molecule has 0 aliphatic carbocycles. The highest BCUT2D eigenvalue weighted by Gasteiger charge is 2.36. The van der Waals surface area contributed by atoms with Gasteiger partial charge in [-0.3, -0.25) is 10.1 Å². The molecule has 0 fully saturated rings. The number of ether oxygens (including phenoxy) is 2. The molecule has 0 bridgehead atoms. The molecule has 0 saturated carbocycles. The predicted octanol–water partition coefficient (Wildman–Crippen LogP) is 8.21. The van der Waals surface area contributed by atoms with Crippen LogP contribution in [-0.2, 0) is 17.5 Å². The zero-order valence-electron chi connectivity index (χ0n) is 24.3. The van der Waals surface area contributed by atoms with E-state index in [0.717, 1.165) is 22.8 Å². The van der Waals surface area contributed by atoms with Gasteiger partial charge in [0.1, 0.15) is 28.7 Å². The number of nitrogens with zero attached hydrogens (tertiary/aromatic N) is 2. The quantitative estimate of drug-likeness (QED) is 0.245. The third kappa shape index (κ3) is 7.63. The molecule has 1 heterocycles. The van der Waals surface area contributed by atoms with E-state index in [0.29, 0.717) is 22.7 Å². The van der Waals surface area contributed by atoms with Crippen molar-refractivity contribution >= 4 is 11.8 Å². The lowest BCUT2D eigenvalue weighted by Crippen LogP contribution is -2.29. The molecule has 0 saturated heterocycles. The number of nitrogens with one attached hydrogen (secondary N) is 1. The van der Waals surface area contributed by atoms with Gasteiger partial charge < -0.3 is 14.0 Å². The van der Waals surface area contributed by atoms with E-state index in [1.807, 2.05) is 32.0 Å². The van der Waals surface area contributed by atoms with E-state index in [-0.39, 0.29) is 12.2 Å². The second-order valence-electron chi connectivity index (χ2n) is 11.0. The first-order valence-electron chi connectivity index (χ1n) is 13.3. The Bertz CT molecular complexity index is 1760. The van der Waals surface area contributed by atoms with Crippen LogP contribution in [0.1, 0.15) is 48.6 Å². The minimum absolute atomic E-state index is 0.00593. The Labute approximate surface area is 247 Å². The fraction of sp³-hybridized carbons (Fsp3) is 0.242. The largest absolute Gasteiger partial charge is 0.457 e. The van der Waals surface area contributed by atoms with Crippen LogP contribution in [0.3, 0.4) is 0 Å². The lowest BCUT2D eigenvalue weighted by molar-refractivity contribution is -0.137. The highest BCUT2D eigenvalue weighted by Crippen LogP contribution is 2.35. The number of anilines is 1. The van der Waals surface area contributed by atoms with Crippen LogP contribution in [0.15, 0.2) is 77.6 Å². The summed E-state index contributed by atoms with van der Waals surface area (Å²) in [4.78, 5) is 25.4. The lowest BCUT2D eigenvalue weighted by Gasteiger charge is -2.20. The Morgan fingerprint density at radius 3 is 2.26 bits per heavy atom. The third-order valence-corrected chi connectivity index (χ3v) is 6.41. The van der Waals surface area contributed by atoms with Crippen molar-refractivity contribution in [3.8, 4) is 28.8 Å². The minimum atomic E-state index is -4.90. The van der Waals surface area contributed by atoms with E-state index in [1.54, 1.807) is 57.2 Å². The molecule has 0 radical (unpaired) electrons. The number of carbonyl (C=O) groups excluding carboxylic acids is 1. The fourth-order valence-electron chi connectivity index (χ4n) is 4.46. The van der Waals surface area contributed by atoms with Crippen molar-refractivity contribution in [2.24, 2.45) is 0 Å². The summed E-state index contributed by atoms with van der Waals surface area (Å²) in [6.45, 7) is 8.99. The first kappa shape index (κ1) is 30.9. The van der Waals surface area contributed by atoms with Gasteiger partial charge in [0.15, 0.2) is 0 Å². The van der Waals surface area contributed by atoms with Gasteiger partial charge in [0.2, 0.25) is 0 Å². The number of halogens is 3. The van der Waals surface area contributed by atoms with Crippen molar-refractivity contribution in [1.29, 1.82) is 5.26 Å². The van der Waals surface area contributed by atoms with E-state index in [4.69, 9.17) is 9.47 Å². The Hall–Kier alpha value is -5.04. The number of carbonyl (C=O) groups is 1. The summed E-state index contributed by atoms with van der Waals surface area (Å²) in [6, 6.07) is 20.7. The summed E-state index contributed by atoms with van der Waals surface area (Å²) in [5.41, 5.74) is -0.572. The fourth-order valence-corrected chi connectivity index (χ4v) is 4.46. The van der Waals surface area contributed by atoms with Gasteiger partial charge in [0.25, 0.3) is 5.56 Å². The molecule has 3 aromatic carbocycles. The van der Waals surface area contributed by atoms with Gasteiger partial charge in [-0.2, -0.15) is 18.4 Å². The van der Waals surface area contributed by atoms with Gasteiger partial charge in [0, 0.05) is 11.8 Å². The summed E-state index contributed by atoms with van der Waals surface area (Å²) in [7, 11) is 0. The molecule has 0 spiro atoms. The van der Waals surface area contributed by atoms with Gasteiger partial charge in [-0.25, -0.2) is 4.79 Å². The zero-order chi connectivity index (χ0) is 31.5. The number of hydrogen-bond acceptors (Lipinski definition) is 5. The lowest BCUT2D eigenvalue weighted by atomic mass is 10.0. The van der Waals surface area contributed by atoms with E-state index >= 15 is 0 Å². The molecule has 1 N–H and O–H groups in total. The molecule has 1 amide bonds. The van der Waals surface area contributed by atoms with Crippen LogP contribution in [0, 0.1) is 25.2 Å². The van der Waals surface area contributed by atoms with Crippen LogP contribution in [0.25, 0.3) is 11.3 Å². The smallest absolute Gasteiger partial charge is 0.417 e. The van der Waals surface area contributed by atoms with E-state index in [9.17, 15) is 28.0 Å². The minimum Gasteiger partial charge on any atom is -0.457 e. The molecular formula is C33H30F3N3O4. The number of aryl methyl sites for hydroxylation is 2. The third-order valence-electron chi connectivity index (χ3n) is 6.41. The monoisotopic (exact) mass is 589 g/mol. The van der Waals surface area contributed by atoms with Crippen molar-refractivity contribution in [2.45, 2.75) is 52.9 Å². The number of pyridine rings is 1. The van der Waals surface area contributed by atoms with Crippen LogP contribution in [-0.4, -0.2) is 16.3 Å². The van der Waals surface area contributed by atoms with E-state index in [1.165, 1.54) is 22.8 Å². The molecule has 0 aliphatic heterocycles. The second-order valence-corrected chi connectivity index (χ2v) is 11.0. The number of amides is 1. The van der Waals surface area contributed by atoms with Gasteiger partial charge in [0.05, 0.1) is 17.8 Å². The van der Waals surface area contributed by atoms with Crippen molar-refractivity contribution < 1.29 is 27.4 Å². The van der Waals surface area contributed by atoms with Gasteiger partial charge >= 0.3 is 12.3 Å². The maximum absolute atomic E-state index is 13.9. The van der Waals surface area contributed by atoms with Crippen molar-refractivity contribution in [3.63, 3.8) is 0 Å². The molecule has 10 heteroatoms. The summed E-state index contributed by atoms with van der Waals surface area (Å²) >= 11 is 0. The van der Waals surface area contributed by atoms with Crippen molar-refractivity contribution in [2.75, 3.05) is 5.32 Å². The van der Waals surface area contributed by atoms with E-state index in [2.05, 4.69) is 5.32 Å². The standard InChI is InChI=1S/C33H30F3N3O4/c1-20-9-10-23(21(2)15-20)19-39-29(17-28(33(34,35)36)27(18-37)30(39)40)22-11-13-25(14-12-22)42-26-8-6-7-24(16-26)38-31(41)43-32(3,4)5/h6-17H,19H2,1-5H3,(H,38,41). The number of nitriles is 1. The first-order valence-corrected chi connectivity index (χ1v) is 13.3. The second kappa shape index (κ2) is 12.1. The number of rotatable bonds is 6. The van der Waals surface area contributed by atoms with Crippen molar-refractivity contribution in [3.05, 3.63) is 111 Å². The highest BCUT2D eigenvalue weighted by atomic mass is 19.4. The molecule has 7 nitrogen and oxygen atoms in total. The Balaban J connectivity index is 1.68. The summed E-state index contributed by atoms with van der Waals surface area (Å²) < 4.78 is 54.1. The number of alkyl halides is 3. The molecule has 43 heavy (non-hydrogen) atoms. The molecule has 1 aromatic heterocycles. The zero-order valence-corrected chi connectivity index (χ0v) is 24.3. The van der Waals surface area contributed by atoms with E-state index < -0.39 is 34.6 Å². The molecule has 0 aliphatic rings.